The topological polar surface area (TPSA) is 82.0 Å². The lowest BCUT2D eigenvalue weighted by Gasteiger charge is -2.62. The van der Waals surface area contributed by atoms with Gasteiger partial charge in [-0.25, -0.2) is 0 Å². The predicted molar refractivity (Wildman–Crippen MR) is 152 cm³/mol. The van der Waals surface area contributed by atoms with E-state index in [9.17, 15) is 15.0 Å². The van der Waals surface area contributed by atoms with Gasteiger partial charge in [0.05, 0.1) is 24.2 Å². The molecule has 2 unspecified atom stereocenters. The second kappa shape index (κ2) is 9.55. The number of carbonyl (C=O) groups is 1. The van der Waals surface area contributed by atoms with Crippen molar-refractivity contribution >= 4 is 18.1 Å². The van der Waals surface area contributed by atoms with Crippen molar-refractivity contribution in [2.75, 3.05) is 6.61 Å². The summed E-state index contributed by atoms with van der Waals surface area (Å²) in [5, 5.41) is 26.5. The van der Waals surface area contributed by atoms with Crippen molar-refractivity contribution in [1.29, 1.82) is 0 Å². The molecule has 2 bridgehead atoms. The third kappa shape index (κ3) is 4.37. The molecule has 1 heterocycles. The molecule has 4 aliphatic carbocycles. The van der Waals surface area contributed by atoms with Crippen molar-refractivity contribution in [2.45, 2.75) is 77.3 Å². The van der Waals surface area contributed by atoms with Crippen molar-refractivity contribution in [3.63, 3.8) is 0 Å². The maximum absolute atomic E-state index is 14.0. The molecule has 1 amide bonds. The van der Waals surface area contributed by atoms with Crippen LogP contribution in [0.25, 0.3) is 12.2 Å². The van der Waals surface area contributed by atoms with Crippen molar-refractivity contribution in [1.82, 2.24) is 10.4 Å². The Bertz CT molecular complexity index is 1260. The number of amides is 1. The van der Waals surface area contributed by atoms with Gasteiger partial charge in [-0.1, -0.05) is 87.5 Å². The van der Waals surface area contributed by atoms with Gasteiger partial charge in [-0.15, -0.1) is 0 Å². The fraction of sp³-hybridized carbons (Fsp3) is 0.545. The molecular weight excluding hydrogens is 488 g/mol. The molecule has 1 saturated heterocycles. The van der Waals surface area contributed by atoms with E-state index in [4.69, 9.17) is 4.84 Å². The molecule has 4 saturated carbocycles. The quantitative estimate of drug-likeness (QED) is 0.454. The molecule has 39 heavy (non-hydrogen) atoms. The van der Waals surface area contributed by atoms with Crippen molar-refractivity contribution in [3.8, 4) is 0 Å². The summed E-state index contributed by atoms with van der Waals surface area (Å²) in [7, 11) is 0. The minimum Gasteiger partial charge on any atom is -0.394 e. The van der Waals surface area contributed by atoms with E-state index in [0.29, 0.717) is 36.1 Å². The van der Waals surface area contributed by atoms with E-state index < -0.39 is 23.2 Å². The van der Waals surface area contributed by atoms with Gasteiger partial charge < -0.3 is 15.5 Å². The van der Waals surface area contributed by atoms with Gasteiger partial charge in [0.15, 0.2) is 0 Å². The predicted octanol–water partition coefficient (Wildman–Crippen LogP) is 4.66. The van der Waals surface area contributed by atoms with Crippen molar-refractivity contribution in [3.05, 3.63) is 71.3 Å². The highest BCUT2D eigenvalue weighted by molar-refractivity contribution is 5.84. The molecular formula is C33H42N2O4. The standard InChI is InChI=1S/C33H42N2O4/c1-21-26-16-25(31(26,2)3)17-27(21)34-30(37)29-33(20-32(33,4)38)28(19-36)39-35(29)18-24-12-8-11-23(15-24)14-13-22-9-6-5-7-10-22/h5-15,21,25-29,36,38H,16-20H2,1-4H3,(H,34,37)/b14-13+/t21-,25+,26-,27-,28-,29?,32?,33+/m0/s1. The number of aliphatic hydroxyl groups is 2. The van der Waals surface area contributed by atoms with Gasteiger partial charge in [-0.2, -0.15) is 5.06 Å². The summed E-state index contributed by atoms with van der Waals surface area (Å²) < 4.78 is 0. The van der Waals surface area contributed by atoms with Crippen molar-refractivity contribution < 1.29 is 19.8 Å². The lowest BCUT2D eigenvalue weighted by molar-refractivity contribution is -0.183. The summed E-state index contributed by atoms with van der Waals surface area (Å²) in [6.07, 6.45) is 6.21. The van der Waals surface area contributed by atoms with Gasteiger partial charge in [0.1, 0.15) is 12.1 Å². The lowest BCUT2D eigenvalue weighted by atomic mass is 9.45. The maximum atomic E-state index is 14.0. The summed E-state index contributed by atoms with van der Waals surface area (Å²) in [4.78, 5) is 20.3. The summed E-state index contributed by atoms with van der Waals surface area (Å²) in [6, 6.07) is 17.8. The molecule has 8 atom stereocenters. The second-order valence-electron chi connectivity index (χ2n) is 13.3. The zero-order chi connectivity index (χ0) is 27.6. The van der Waals surface area contributed by atoms with Gasteiger partial charge >= 0.3 is 0 Å². The normalized spacial score (nSPS) is 38.6. The largest absolute Gasteiger partial charge is 0.394 e. The number of fused-ring (bicyclic) bond motifs is 2. The Morgan fingerprint density at radius 2 is 1.77 bits per heavy atom. The Balaban J connectivity index is 1.23. The second-order valence-corrected chi connectivity index (χ2v) is 13.3. The average Bonchev–Trinajstić information content (AvgIpc) is 3.33. The molecule has 3 N–H and O–H groups in total. The molecule has 2 aromatic rings. The number of hydroxylamine groups is 2. The lowest BCUT2D eigenvalue weighted by Crippen LogP contribution is -2.62. The third-order valence-electron chi connectivity index (χ3n) is 10.8. The van der Waals surface area contributed by atoms with Crippen LogP contribution in [0.3, 0.4) is 0 Å². The highest BCUT2D eigenvalue weighted by Crippen LogP contribution is 2.66. The Morgan fingerprint density at radius 3 is 2.41 bits per heavy atom. The van der Waals surface area contributed by atoms with Crippen LogP contribution >= 0.6 is 0 Å². The zero-order valence-electron chi connectivity index (χ0n) is 23.5. The fourth-order valence-electron chi connectivity index (χ4n) is 8.15. The Kier molecular flexibility index (Phi) is 6.54. The SMILES string of the molecule is C[C@@H]1[C@@H](NC(=O)C2N(Cc3cccc(/C=C/c4ccccc4)c3)O[C@@H](CO)[C@]23CC3(C)O)C[C@H]2C[C@@H]1C2(C)C. The summed E-state index contributed by atoms with van der Waals surface area (Å²) in [5.74, 6) is 1.56. The smallest absolute Gasteiger partial charge is 0.240 e. The monoisotopic (exact) mass is 530 g/mol. The summed E-state index contributed by atoms with van der Waals surface area (Å²) in [6.45, 7) is 8.89. The first kappa shape index (κ1) is 26.7. The van der Waals surface area contributed by atoms with Gasteiger partial charge in [-0.05, 0) is 66.0 Å². The fourth-order valence-corrected chi connectivity index (χ4v) is 8.15. The highest BCUT2D eigenvalue weighted by atomic mass is 16.7. The third-order valence-corrected chi connectivity index (χ3v) is 10.8. The summed E-state index contributed by atoms with van der Waals surface area (Å²) in [5.41, 5.74) is 1.64. The van der Waals surface area contributed by atoms with E-state index in [0.717, 1.165) is 23.1 Å². The van der Waals surface area contributed by atoms with Crippen LogP contribution in [-0.2, 0) is 16.2 Å². The molecule has 0 radical (unpaired) electrons. The van der Waals surface area contributed by atoms with Crippen LogP contribution in [0.15, 0.2) is 54.6 Å². The molecule has 1 aliphatic heterocycles. The van der Waals surface area contributed by atoms with Crippen LogP contribution in [-0.4, -0.2) is 51.6 Å². The first-order valence-corrected chi connectivity index (χ1v) is 14.5. The van der Waals surface area contributed by atoms with Gasteiger partial charge in [0.25, 0.3) is 0 Å². The minimum absolute atomic E-state index is 0.0974. The van der Waals surface area contributed by atoms with E-state index in [-0.39, 0.29) is 18.6 Å². The Labute approximate surface area is 232 Å². The number of nitrogens with one attached hydrogen (secondary N) is 1. The first-order valence-electron chi connectivity index (χ1n) is 14.5. The highest BCUT2D eigenvalue weighted by Gasteiger charge is 2.78. The molecule has 7 rings (SSSR count). The molecule has 0 aromatic heterocycles. The number of rotatable bonds is 7. The number of hydrogen-bond donors (Lipinski definition) is 3. The molecule has 6 nitrogen and oxygen atoms in total. The molecule has 208 valence electrons. The average molecular weight is 531 g/mol. The Hall–Kier alpha value is -2.51. The van der Waals surface area contributed by atoms with Gasteiger partial charge in [0.2, 0.25) is 5.91 Å². The number of hydrogen-bond acceptors (Lipinski definition) is 5. The molecule has 2 aromatic carbocycles. The first-order chi connectivity index (χ1) is 18.6. The molecule has 5 aliphatic rings. The minimum atomic E-state index is -1.07. The van der Waals surface area contributed by atoms with Crippen LogP contribution in [0.1, 0.15) is 63.6 Å². The van der Waals surface area contributed by atoms with Crippen LogP contribution in [0, 0.1) is 28.6 Å². The number of carbonyl (C=O) groups excluding carboxylic acids is 1. The van der Waals surface area contributed by atoms with Crippen LogP contribution < -0.4 is 5.32 Å². The van der Waals surface area contributed by atoms with Gasteiger partial charge in [-0.3, -0.25) is 9.63 Å². The van der Waals surface area contributed by atoms with E-state index in [1.807, 2.05) is 30.3 Å². The van der Waals surface area contributed by atoms with E-state index in [2.05, 4.69) is 62.5 Å². The van der Waals surface area contributed by atoms with E-state index in [1.165, 1.54) is 6.42 Å². The summed E-state index contributed by atoms with van der Waals surface area (Å²) >= 11 is 0. The number of nitrogens with zero attached hydrogens (tertiary/aromatic N) is 1. The molecule has 1 spiro atoms. The van der Waals surface area contributed by atoms with Crippen LogP contribution in [0.4, 0.5) is 0 Å². The number of benzene rings is 2. The van der Waals surface area contributed by atoms with Crippen LogP contribution in [0.5, 0.6) is 0 Å². The Morgan fingerprint density at radius 1 is 1.08 bits per heavy atom. The van der Waals surface area contributed by atoms with E-state index >= 15 is 0 Å². The maximum Gasteiger partial charge on any atom is 0.240 e. The zero-order valence-corrected chi connectivity index (χ0v) is 23.5. The molecule has 6 heteroatoms. The van der Waals surface area contributed by atoms with Gasteiger partial charge in [0, 0.05) is 6.04 Å². The molecule has 5 fully saturated rings. The number of aliphatic hydroxyl groups excluding tert-OH is 1. The van der Waals surface area contributed by atoms with Crippen LogP contribution in [0.2, 0.25) is 0 Å². The van der Waals surface area contributed by atoms with Crippen molar-refractivity contribution in [2.24, 2.45) is 28.6 Å². The van der Waals surface area contributed by atoms with E-state index in [1.54, 1.807) is 12.0 Å².